The molecule has 1 aromatic carbocycles. The van der Waals surface area contributed by atoms with E-state index in [1.165, 1.54) is 0 Å². The van der Waals surface area contributed by atoms with Crippen molar-refractivity contribution in [2.45, 2.75) is 47.2 Å². The monoisotopic (exact) mass is 352 g/mol. The van der Waals surface area contributed by atoms with Crippen LogP contribution in [0.25, 0.3) is 22.4 Å². The molecule has 0 saturated heterocycles. The van der Waals surface area contributed by atoms with Gasteiger partial charge in [-0.05, 0) is 48.6 Å². The van der Waals surface area contributed by atoms with Crippen LogP contribution >= 0.6 is 0 Å². The molecule has 2 heterocycles. The van der Waals surface area contributed by atoms with E-state index in [9.17, 15) is 4.79 Å². The van der Waals surface area contributed by atoms with Crippen molar-refractivity contribution < 1.29 is 0 Å². The van der Waals surface area contributed by atoms with Crippen LogP contribution in [0.2, 0.25) is 0 Å². The zero-order valence-corrected chi connectivity index (χ0v) is 16.5. The Kier molecular flexibility index (Phi) is 4.53. The molecule has 0 spiro atoms. The van der Waals surface area contributed by atoms with Crippen LogP contribution in [0.5, 0.6) is 0 Å². The summed E-state index contributed by atoms with van der Waals surface area (Å²) in [6.07, 6.45) is 0. The molecule has 1 atom stereocenters. The van der Waals surface area contributed by atoms with Gasteiger partial charge < -0.3 is 5.73 Å². The summed E-state index contributed by atoms with van der Waals surface area (Å²) in [7, 11) is 1.78. The Morgan fingerprint density at radius 3 is 2.50 bits per heavy atom. The van der Waals surface area contributed by atoms with Crippen molar-refractivity contribution in [2.24, 2.45) is 18.2 Å². The molecule has 2 N–H and O–H groups in total. The molecule has 3 rings (SSSR count). The Balaban J connectivity index is 2.19. The second-order valence-corrected chi connectivity index (χ2v) is 8.39. The summed E-state index contributed by atoms with van der Waals surface area (Å²) in [5.41, 5.74) is 11.7. The van der Waals surface area contributed by atoms with Gasteiger partial charge in [0.15, 0.2) is 5.65 Å². The molecule has 1 unspecified atom stereocenters. The van der Waals surface area contributed by atoms with Crippen LogP contribution in [0, 0.1) is 12.3 Å². The number of pyridine rings is 1. The van der Waals surface area contributed by atoms with Crippen LogP contribution in [-0.4, -0.2) is 14.1 Å². The van der Waals surface area contributed by atoms with Gasteiger partial charge in [0, 0.05) is 25.2 Å². The highest BCUT2D eigenvalue weighted by atomic mass is 16.1. The topological polar surface area (TPSA) is 65.8 Å². The molecule has 0 radical (unpaired) electrons. The molecule has 0 saturated carbocycles. The van der Waals surface area contributed by atoms with Gasteiger partial charge in [0.2, 0.25) is 0 Å². The molecular weight excluding hydrogens is 324 g/mol. The van der Waals surface area contributed by atoms with Gasteiger partial charge in [-0.15, -0.1) is 0 Å². The van der Waals surface area contributed by atoms with Gasteiger partial charge in [0.05, 0.1) is 11.2 Å². The summed E-state index contributed by atoms with van der Waals surface area (Å²) in [5.74, 6) is 0. The number of hydrogen-bond acceptors (Lipinski definition) is 3. The predicted octanol–water partition coefficient (Wildman–Crippen LogP) is 3.78. The maximum absolute atomic E-state index is 12.7. The van der Waals surface area contributed by atoms with E-state index >= 15 is 0 Å². The summed E-state index contributed by atoms with van der Waals surface area (Å²) in [6, 6.07) is 10.2. The molecule has 0 amide bonds. The van der Waals surface area contributed by atoms with E-state index in [1.807, 2.05) is 23.6 Å². The summed E-state index contributed by atoms with van der Waals surface area (Å²) in [6.45, 7) is 11.1. The number of aromatic nitrogens is 3. The maximum atomic E-state index is 12.7. The highest BCUT2D eigenvalue weighted by Gasteiger charge is 2.19. The molecule has 0 bridgehead atoms. The second-order valence-electron chi connectivity index (χ2n) is 8.39. The van der Waals surface area contributed by atoms with Gasteiger partial charge in [0.25, 0.3) is 0 Å². The first-order valence-corrected chi connectivity index (χ1v) is 9.01. The maximum Gasteiger partial charge on any atom is 0.330 e. The van der Waals surface area contributed by atoms with Crippen LogP contribution in [0.1, 0.15) is 44.9 Å². The first-order chi connectivity index (χ1) is 12.1. The molecule has 26 heavy (non-hydrogen) atoms. The van der Waals surface area contributed by atoms with Gasteiger partial charge in [-0.3, -0.25) is 9.13 Å². The van der Waals surface area contributed by atoms with Crippen LogP contribution < -0.4 is 11.4 Å². The van der Waals surface area contributed by atoms with Gasteiger partial charge in [-0.1, -0.05) is 32.9 Å². The van der Waals surface area contributed by atoms with E-state index in [0.717, 1.165) is 27.9 Å². The van der Waals surface area contributed by atoms with E-state index in [4.69, 9.17) is 10.7 Å². The molecule has 0 aliphatic heterocycles. The number of nitrogens with zero attached hydrogens (tertiary/aromatic N) is 3. The Hall–Kier alpha value is -2.40. The third-order valence-electron chi connectivity index (χ3n) is 4.68. The van der Waals surface area contributed by atoms with Gasteiger partial charge in [-0.2, -0.15) is 0 Å². The van der Waals surface area contributed by atoms with Crippen molar-refractivity contribution in [3.8, 4) is 11.3 Å². The van der Waals surface area contributed by atoms with E-state index in [1.54, 1.807) is 11.6 Å². The molecule has 0 aliphatic rings. The summed E-state index contributed by atoms with van der Waals surface area (Å²) >= 11 is 0. The average molecular weight is 352 g/mol. The first-order valence-electron chi connectivity index (χ1n) is 9.01. The fourth-order valence-corrected chi connectivity index (χ4v) is 3.25. The van der Waals surface area contributed by atoms with E-state index < -0.39 is 0 Å². The Bertz CT molecular complexity index is 1020. The molecule has 5 heteroatoms. The van der Waals surface area contributed by atoms with E-state index in [0.29, 0.717) is 12.2 Å². The minimum absolute atomic E-state index is 0.0129. The Labute approximate surface area is 154 Å². The van der Waals surface area contributed by atoms with E-state index in [-0.39, 0.29) is 17.1 Å². The number of aryl methyl sites for hydroxylation is 2. The lowest BCUT2D eigenvalue weighted by Crippen LogP contribution is -2.27. The highest BCUT2D eigenvalue weighted by molar-refractivity contribution is 5.77. The third-order valence-corrected chi connectivity index (χ3v) is 4.68. The second kappa shape index (κ2) is 6.40. The molecule has 138 valence electrons. The normalized spacial score (nSPS) is 13.3. The summed E-state index contributed by atoms with van der Waals surface area (Å²) in [4.78, 5) is 17.5. The molecule has 0 fully saturated rings. The van der Waals surface area contributed by atoms with Crippen LogP contribution in [0.4, 0.5) is 0 Å². The van der Waals surface area contributed by atoms with Crippen LogP contribution in [0.15, 0.2) is 35.1 Å². The Morgan fingerprint density at radius 2 is 1.88 bits per heavy atom. The Morgan fingerprint density at radius 1 is 1.19 bits per heavy atom. The fraction of sp³-hybridized carbons (Fsp3) is 0.429. The fourth-order valence-electron chi connectivity index (χ4n) is 3.25. The summed E-state index contributed by atoms with van der Waals surface area (Å²) in [5, 5.41) is 0. The summed E-state index contributed by atoms with van der Waals surface area (Å²) < 4.78 is 3.45. The number of hydrogen-bond donors (Lipinski definition) is 1. The first kappa shape index (κ1) is 18.4. The van der Waals surface area contributed by atoms with Crippen molar-refractivity contribution in [2.75, 3.05) is 0 Å². The average Bonchev–Trinajstić information content (AvgIpc) is 2.78. The van der Waals surface area contributed by atoms with Gasteiger partial charge in [-0.25, -0.2) is 9.78 Å². The lowest BCUT2D eigenvalue weighted by molar-refractivity contribution is 0.342. The zero-order chi connectivity index (χ0) is 19.2. The van der Waals surface area contributed by atoms with E-state index in [2.05, 4.69) is 45.9 Å². The standard InChI is InChI=1S/C21H28N4O/c1-13-7-8-15(14(2)22)11-16(13)17-9-10-18-19(23-17)24(6)20(26)25(18)12-21(3,4)5/h7-11,14H,12,22H2,1-6H3. The van der Waals surface area contributed by atoms with Gasteiger partial charge in [0.1, 0.15) is 0 Å². The van der Waals surface area contributed by atoms with Crippen LogP contribution in [-0.2, 0) is 13.6 Å². The van der Waals surface area contributed by atoms with Crippen LogP contribution in [0.3, 0.4) is 0 Å². The van der Waals surface area contributed by atoms with Crippen molar-refractivity contribution in [1.82, 2.24) is 14.1 Å². The highest BCUT2D eigenvalue weighted by Crippen LogP contribution is 2.27. The lowest BCUT2D eigenvalue weighted by Gasteiger charge is -2.18. The molecule has 3 aromatic rings. The predicted molar refractivity (Wildman–Crippen MR) is 107 cm³/mol. The minimum atomic E-state index is -0.0321. The number of imidazole rings is 1. The van der Waals surface area contributed by atoms with Gasteiger partial charge >= 0.3 is 5.69 Å². The number of nitrogens with two attached hydrogens (primary N) is 1. The quantitative estimate of drug-likeness (QED) is 0.780. The van der Waals surface area contributed by atoms with Crippen molar-refractivity contribution in [3.05, 3.63) is 51.9 Å². The minimum Gasteiger partial charge on any atom is -0.324 e. The molecule has 0 aliphatic carbocycles. The third kappa shape index (κ3) is 3.31. The SMILES string of the molecule is Cc1ccc(C(C)N)cc1-c1ccc2c(n1)n(C)c(=O)n2CC(C)(C)C. The largest absolute Gasteiger partial charge is 0.330 e. The molecular formula is C21H28N4O. The molecule has 2 aromatic heterocycles. The zero-order valence-electron chi connectivity index (χ0n) is 16.5. The van der Waals surface area contributed by atoms with Crippen molar-refractivity contribution in [3.63, 3.8) is 0 Å². The lowest BCUT2D eigenvalue weighted by atomic mass is 9.97. The number of rotatable bonds is 3. The number of benzene rings is 1. The smallest absolute Gasteiger partial charge is 0.324 e. The van der Waals surface area contributed by atoms with Crippen molar-refractivity contribution in [1.29, 1.82) is 0 Å². The van der Waals surface area contributed by atoms with Crippen molar-refractivity contribution >= 4 is 11.2 Å². The number of fused-ring (bicyclic) bond motifs is 1. The molecule has 5 nitrogen and oxygen atoms in total.